The van der Waals surface area contributed by atoms with Crippen molar-refractivity contribution in [1.29, 1.82) is 0 Å². The second-order valence-electron chi connectivity index (χ2n) is 4.72. The van der Waals surface area contributed by atoms with E-state index < -0.39 is 0 Å². The van der Waals surface area contributed by atoms with Gasteiger partial charge in [0.2, 0.25) is 0 Å². The molecule has 4 heteroatoms. The molecule has 0 unspecified atom stereocenters. The van der Waals surface area contributed by atoms with Crippen LogP contribution in [0.4, 0.5) is 0 Å². The summed E-state index contributed by atoms with van der Waals surface area (Å²) in [4.78, 5) is 12.1. The number of aromatic nitrogens is 2. The van der Waals surface area contributed by atoms with Crippen LogP contribution in [0.3, 0.4) is 0 Å². The lowest BCUT2D eigenvalue weighted by Gasteiger charge is -2.04. The van der Waals surface area contributed by atoms with Gasteiger partial charge in [0, 0.05) is 16.1 Å². The number of ketones is 1. The number of benzene rings is 2. The number of hydrogen-bond acceptors (Lipinski definition) is 2. The van der Waals surface area contributed by atoms with Crippen LogP contribution in [0.2, 0.25) is 5.02 Å². The fourth-order valence-corrected chi connectivity index (χ4v) is 2.58. The van der Waals surface area contributed by atoms with Gasteiger partial charge in [-0.2, -0.15) is 5.10 Å². The van der Waals surface area contributed by atoms with Gasteiger partial charge in [0.15, 0.2) is 5.78 Å². The van der Waals surface area contributed by atoms with Crippen LogP contribution in [0.25, 0.3) is 22.5 Å². The molecule has 2 aromatic carbocycles. The minimum Gasteiger partial charge on any atom is -0.294 e. The van der Waals surface area contributed by atoms with Crippen LogP contribution in [-0.4, -0.2) is 16.0 Å². The van der Waals surface area contributed by atoms with E-state index in [4.69, 9.17) is 11.6 Å². The van der Waals surface area contributed by atoms with Gasteiger partial charge in [-0.1, -0.05) is 60.1 Å². The third-order valence-corrected chi connectivity index (χ3v) is 3.64. The second-order valence-corrected chi connectivity index (χ2v) is 5.13. The molecule has 0 saturated carbocycles. The van der Waals surface area contributed by atoms with Crippen LogP contribution in [0.1, 0.15) is 17.3 Å². The fourth-order valence-electron chi connectivity index (χ4n) is 2.35. The van der Waals surface area contributed by atoms with Crippen LogP contribution in [0.5, 0.6) is 0 Å². The molecule has 0 fully saturated rings. The molecule has 1 heterocycles. The summed E-state index contributed by atoms with van der Waals surface area (Å²) in [5.41, 5.74) is 3.55. The maximum Gasteiger partial charge on any atom is 0.164 e. The van der Waals surface area contributed by atoms with Gasteiger partial charge in [0.1, 0.15) is 5.69 Å². The van der Waals surface area contributed by atoms with Gasteiger partial charge in [0.05, 0.1) is 11.3 Å². The monoisotopic (exact) mass is 296 g/mol. The second kappa shape index (κ2) is 5.54. The Morgan fingerprint density at radius 2 is 1.71 bits per heavy atom. The van der Waals surface area contributed by atoms with Gasteiger partial charge >= 0.3 is 0 Å². The summed E-state index contributed by atoms with van der Waals surface area (Å²) >= 11 is 6.23. The Labute approximate surface area is 127 Å². The minimum absolute atomic E-state index is 0.0440. The molecule has 0 radical (unpaired) electrons. The normalized spacial score (nSPS) is 10.6. The SMILES string of the molecule is CC(=O)c1c(-c2ccccc2)n[nH]c1-c1ccccc1Cl. The molecule has 0 atom stereocenters. The average molecular weight is 297 g/mol. The summed E-state index contributed by atoms with van der Waals surface area (Å²) in [6.45, 7) is 1.54. The van der Waals surface area contributed by atoms with Crippen molar-refractivity contribution in [3.8, 4) is 22.5 Å². The number of nitrogens with one attached hydrogen (secondary N) is 1. The van der Waals surface area contributed by atoms with E-state index in [1.165, 1.54) is 6.92 Å². The Morgan fingerprint density at radius 3 is 2.38 bits per heavy atom. The van der Waals surface area contributed by atoms with Crippen molar-refractivity contribution in [2.45, 2.75) is 6.92 Å². The molecule has 21 heavy (non-hydrogen) atoms. The molecule has 0 bridgehead atoms. The molecule has 0 spiro atoms. The van der Waals surface area contributed by atoms with Crippen molar-refractivity contribution in [3.63, 3.8) is 0 Å². The first-order chi connectivity index (χ1) is 10.2. The van der Waals surface area contributed by atoms with E-state index in [0.29, 0.717) is 22.0 Å². The summed E-state index contributed by atoms with van der Waals surface area (Å²) in [6, 6.07) is 17.0. The van der Waals surface area contributed by atoms with Gasteiger partial charge in [-0.15, -0.1) is 0 Å². The standard InChI is InChI=1S/C17H13ClN2O/c1-11(21)15-16(12-7-3-2-4-8-12)19-20-17(15)13-9-5-6-10-14(13)18/h2-10H,1H3,(H,19,20). The molecule has 0 aliphatic rings. The molecule has 3 nitrogen and oxygen atoms in total. The zero-order valence-corrected chi connectivity index (χ0v) is 12.2. The van der Waals surface area contributed by atoms with Crippen LogP contribution in [-0.2, 0) is 0 Å². The van der Waals surface area contributed by atoms with Crippen LogP contribution in [0, 0.1) is 0 Å². The molecule has 0 amide bonds. The Hall–Kier alpha value is -2.39. The van der Waals surface area contributed by atoms with Gasteiger partial charge in [-0.3, -0.25) is 9.89 Å². The highest BCUT2D eigenvalue weighted by Gasteiger charge is 2.20. The summed E-state index contributed by atoms with van der Waals surface area (Å²) in [5.74, 6) is -0.0440. The Bertz CT molecular complexity index is 794. The van der Waals surface area contributed by atoms with E-state index >= 15 is 0 Å². The fraction of sp³-hybridized carbons (Fsp3) is 0.0588. The van der Waals surface area contributed by atoms with E-state index in [2.05, 4.69) is 10.2 Å². The molecule has 3 rings (SSSR count). The predicted molar refractivity (Wildman–Crippen MR) is 84.5 cm³/mol. The first-order valence-electron chi connectivity index (χ1n) is 6.58. The summed E-state index contributed by atoms with van der Waals surface area (Å²) in [7, 11) is 0. The van der Waals surface area contributed by atoms with Crippen molar-refractivity contribution in [1.82, 2.24) is 10.2 Å². The first-order valence-corrected chi connectivity index (χ1v) is 6.96. The Morgan fingerprint density at radius 1 is 1.05 bits per heavy atom. The zero-order valence-electron chi connectivity index (χ0n) is 11.4. The smallest absolute Gasteiger partial charge is 0.164 e. The maximum absolute atomic E-state index is 12.1. The van der Waals surface area contributed by atoms with Crippen LogP contribution < -0.4 is 0 Å². The van der Waals surface area contributed by atoms with E-state index in [1.807, 2.05) is 48.5 Å². The lowest BCUT2D eigenvalue weighted by molar-refractivity contribution is 0.101. The number of carbonyl (C=O) groups is 1. The molecule has 1 aromatic heterocycles. The van der Waals surface area contributed by atoms with Gasteiger partial charge in [-0.05, 0) is 13.0 Å². The Balaban J connectivity index is 2.23. The van der Waals surface area contributed by atoms with Crippen LogP contribution in [0.15, 0.2) is 54.6 Å². The van der Waals surface area contributed by atoms with Crippen molar-refractivity contribution >= 4 is 17.4 Å². The molecule has 104 valence electrons. The van der Waals surface area contributed by atoms with E-state index in [0.717, 1.165) is 11.1 Å². The van der Waals surface area contributed by atoms with Crippen LogP contribution >= 0.6 is 11.6 Å². The quantitative estimate of drug-likeness (QED) is 0.718. The molecule has 0 aliphatic carbocycles. The lowest BCUT2D eigenvalue weighted by Crippen LogP contribution is -1.96. The highest BCUT2D eigenvalue weighted by molar-refractivity contribution is 6.33. The van der Waals surface area contributed by atoms with Gasteiger partial charge in [0.25, 0.3) is 0 Å². The molecule has 0 aliphatic heterocycles. The molecular formula is C17H13ClN2O. The number of nitrogens with zero attached hydrogens (tertiary/aromatic N) is 1. The Kier molecular flexibility index (Phi) is 3.59. The van der Waals surface area contributed by atoms with Crippen molar-refractivity contribution in [2.24, 2.45) is 0 Å². The maximum atomic E-state index is 12.1. The number of H-pyrrole nitrogens is 1. The summed E-state index contributed by atoms with van der Waals surface area (Å²) in [5, 5.41) is 7.86. The molecule has 3 aromatic rings. The number of rotatable bonds is 3. The van der Waals surface area contributed by atoms with E-state index in [9.17, 15) is 4.79 Å². The number of hydrogen-bond donors (Lipinski definition) is 1. The first kappa shape index (κ1) is 13.6. The molecule has 1 N–H and O–H groups in total. The summed E-state index contributed by atoms with van der Waals surface area (Å²) in [6.07, 6.45) is 0. The number of halogens is 1. The van der Waals surface area contributed by atoms with Crippen molar-refractivity contribution < 1.29 is 4.79 Å². The van der Waals surface area contributed by atoms with E-state index in [1.54, 1.807) is 6.07 Å². The van der Waals surface area contributed by atoms with Gasteiger partial charge in [-0.25, -0.2) is 0 Å². The predicted octanol–water partition coefficient (Wildman–Crippen LogP) is 4.60. The third-order valence-electron chi connectivity index (χ3n) is 3.31. The third kappa shape index (κ3) is 2.48. The zero-order chi connectivity index (χ0) is 14.8. The van der Waals surface area contributed by atoms with Gasteiger partial charge < -0.3 is 0 Å². The topological polar surface area (TPSA) is 45.8 Å². The molecule has 0 saturated heterocycles. The number of carbonyl (C=O) groups excluding carboxylic acids is 1. The highest BCUT2D eigenvalue weighted by Crippen LogP contribution is 2.33. The number of aromatic amines is 1. The minimum atomic E-state index is -0.0440. The lowest BCUT2D eigenvalue weighted by atomic mass is 9.99. The van der Waals surface area contributed by atoms with E-state index in [-0.39, 0.29) is 5.78 Å². The van der Waals surface area contributed by atoms with Crippen molar-refractivity contribution in [3.05, 3.63) is 65.2 Å². The van der Waals surface area contributed by atoms with Crippen molar-refractivity contribution in [2.75, 3.05) is 0 Å². The summed E-state index contributed by atoms with van der Waals surface area (Å²) < 4.78 is 0. The number of Topliss-reactive ketones (excluding diaryl/α,β-unsaturated/α-hetero) is 1. The largest absolute Gasteiger partial charge is 0.294 e. The average Bonchev–Trinajstić information content (AvgIpc) is 2.93. The highest BCUT2D eigenvalue weighted by atomic mass is 35.5. The molecular weight excluding hydrogens is 284 g/mol.